The summed E-state index contributed by atoms with van der Waals surface area (Å²) >= 11 is 0. The van der Waals surface area contributed by atoms with Crippen molar-refractivity contribution in [2.45, 2.75) is 72.6 Å². The molecule has 0 aliphatic heterocycles. The fraction of sp³-hybridized carbons (Fsp3) is 0.897. The number of carbonyl (C=O) groups excluding carboxylic acids is 3. The van der Waals surface area contributed by atoms with Gasteiger partial charge in [0.15, 0.2) is 0 Å². The summed E-state index contributed by atoms with van der Waals surface area (Å²) in [4.78, 5) is 41.5. The quantitative estimate of drug-likeness (QED) is 0.0575. The molecule has 0 unspecified atom stereocenters. The highest BCUT2D eigenvalue weighted by Crippen LogP contribution is 2.23. The molecule has 0 heterocycles. The first-order chi connectivity index (χ1) is 21.0. The Hall–Kier alpha value is 0.430. The van der Waals surface area contributed by atoms with Crippen LogP contribution in [0.25, 0.3) is 0 Å². The molecule has 0 atom stereocenters. The third-order valence-corrected chi connectivity index (χ3v) is 13.7. The third-order valence-electron chi connectivity index (χ3n) is 5.87. The summed E-state index contributed by atoms with van der Waals surface area (Å²) in [5.41, 5.74) is 0. The second kappa shape index (κ2) is 33.8. The Balaban J connectivity index is 4.62. The second-order valence-corrected chi connectivity index (χ2v) is 18.0. The Kier molecular flexibility index (Phi) is 34.1. The van der Waals surface area contributed by atoms with Gasteiger partial charge in [-0.05, 0) is 32.2 Å². The van der Waals surface area contributed by atoms with E-state index in [0.29, 0.717) is 38.9 Å². The van der Waals surface area contributed by atoms with Crippen molar-refractivity contribution in [1.82, 2.24) is 25.8 Å². The number of hydrogen-bond acceptors (Lipinski definition) is 11. The van der Waals surface area contributed by atoms with Gasteiger partial charge in [-0.3, -0.25) is 19.3 Å². The van der Waals surface area contributed by atoms with Crippen LogP contribution in [0, 0.1) is 0 Å². The van der Waals surface area contributed by atoms with E-state index in [1.807, 2.05) is 32.4 Å². The molecule has 0 fully saturated rings. The first-order valence-electron chi connectivity index (χ1n) is 15.9. The van der Waals surface area contributed by atoms with Gasteiger partial charge in [0, 0.05) is 106 Å². The van der Waals surface area contributed by atoms with Crippen LogP contribution in [0.4, 0.5) is 0 Å². The van der Waals surface area contributed by atoms with Crippen LogP contribution in [0.5, 0.6) is 0 Å². The summed E-state index contributed by atoms with van der Waals surface area (Å²) in [7, 11) is 10.8. The van der Waals surface area contributed by atoms with Gasteiger partial charge < -0.3 is 20.9 Å². The van der Waals surface area contributed by atoms with E-state index in [1.165, 1.54) is 0 Å². The van der Waals surface area contributed by atoms with Gasteiger partial charge in [-0.2, -0.15) is 0 Å². The van der Waals surface area contributed by atoms with Crippen LogP contribution in [-0.2, 0) is 14.4 Å². The van der Waals surface area contributed by atoms with E-state index in [-0.39, 0.29) is 17.7 Å². The van der Waals surface area contributed by atoms with E-state index in [0.717, 1.165) is 99.5 Å². The van der Waals surface area contributed by atoms with Crippen molar-refractivity contribution in [3.05, 3.63) is 0 Å². The van der Waals surface area contributed by atoms with Crippen LogP contribution < -0.4 is 16.0 Å². The molecule has 3 N–H and O–H groups in total. The molecule has 3 amide bonds. The molecule has 0 rings (SSSR count). The maximum Gasteiger partial charge on any atom is 0.220 e. The molecule has 0 saturated carbocycles. The van der Waals surface area contributed by atoms with Crippen molar-refractivity contribution in [3.63, 3.8) is 0 Å². The summed E-state index contributed by atoms with van der Waals surface area (Å²) in [6.45, 7) is 15.5. The Morgan fingerprint density at radius 2 is 0.721 bits per heavy atom. The number of amides is 3. The minimum absolute atomic E-state index is 0.0991. The highest BCUT2D eigenvalue weighted by molar-refractivity contribution is 8.77. The molecule has 0 aliphatic rings. The molecular weight excluding hydrogens is 659 g/mol. The number of nitrogens with zero attached hydrogens (tertiary/aromatic N) is 2. The molecule has 0 aromatic carbocycles. The molecule has 0 bridgehead atoms. The van der Waals surface area contributed by atoms with E-state index < -0.39 is 0 Å². The standard InChI is InChI=1S/C29H59N5O3S6/c1-5-15-33(16-12-30-27(35)9-24-41-38-21-6-2)19-20-34(17-13-31-28(36)10-25-42-39-22-7-3)18-14-32-29(37)11-26-43-40-23-8-4/h5-26H2,1-4H3,(H,30,35)(H,31,36)(H,32,37). The second-order valence-electron chi connectivity index (χ2n) is 9.91. The van der Waals surface area contributed by atoms with Gasteiger partial charge >= 0.3 is 0 Å². The van der Waals surface area contributed by atoms with Crippen molar-refractivity contribution >= 4 is 82.5 Å². The van der Waals surface area contributed by atoms with Gasteiger partial charge in [-0.1, -0.05) is 92.5 Å². The molecule has 0 radical (unpaired) electrons. The van der Waals surface area contributed by atoms with E-state index in [1.54, 1.807) is 32.4 Å². The van der Waals surface area contributed by atoms with E-state index in [2.05, 4.69) is 53.4 Å². The Bertz CT molecular complexity index is 653. The summed E-state index contributed by atoms with van der Waals surface area (Å²) in [5, 5.41) is 9.23. The predicted octanol–water partition coefficient (Wildman–Crippen LogP) is 5.89. The Morgan fingerprint density at radius 1 is 0.419 bits per heavy atom. The van der Waals surface area contributed by atoms with E-state index >= 15 is 0 Å². The monoisotopic (exact) mass is 717 g/mol. The molecule has 0 aromatic rings. The molecule has 0 aliphatic carbocycles. The highest BCUT2D eigenvalue weighted by atomic mass is 33.1. The van der Waals surface area contributed by atoms with Gasteiger partial charge in [-0.15, -0.1) is 0 Å². The maximum atomic E-state index is 12.3. The number of rotatable bonds is 32. The topological polar surface area (TPSA) is 93.8 Å². The van der Waals surface area contributed by atoms with Gasteiger partial charge in [0.1, 0.15) is 0 Å². The molecule has 0 aromatic heterocycles. The summed E-state index contributed by atoms with van der Waals surface area (Å²) in [6.07, 6.45) is 6.16. The molecule has 0 spiro atoms. The molecule has 8 nitrogen and oxygen atoms in total. The van der Waals surface area contributed by atoms with Crippen molar-refractivity contribution in [2.24, 2.45) is 0 Å². The Morgan fingerprint density at radius 3 is 1.02 bits per heavy atom. The van der Waals surface area contributed by atoms with E-state index in [9.17, 15) is 14.4 Å². The lowest BCUT2D eigenvalue weighted by molar-refractivity contribution is -0.121. The van der Waals surface area contributed by atoms with Gasteiger partial charge in [0.25, 0.3) is 0 Å². The summed E-state index contributed by atoms with van der Waals surface area (Å²) in [6, 6.07) is 0. The third kappa shape index (κ3) is 30.8. The average molecular weight is 718 g/mol. The Labute approximate surface area is 287 Å². The van der Waals surface area contributed by atoms with Crippen LogP contribution in [0.3, 0.4) is 0 Å². The zero-order chi connectivity index (χ0) is 31.8. The van der Waals surface area contributed by atoms with Gasteiger partial charge in [-0.25, -0.2) is 0 Å². The first kappa shape index (κ1) is 43.4. The van der Waals surface area contributed by atoms with Crippen molar-refractivity contribution in [2.75, 3.05) is 93.4 Å². The number of hydrogen-bond donors (Lipinski definition) is 3. The zero-order valence-electron chi connectivity index (χ0n) is 27.1. The lowest BCUT2D eigenvalue weighted by atomic mass is 10.3. The summed E-state index contributed by atoms with van der Waals surface area (Å²) < 4.78 is 0. The molecule has 43 heavy (non-hydrogen) atoms. The van der Waals surface area contributed by atoms with Gasteiger partial charge in [0.2, 0.25) is 17.7 Å². The summed E-state index contributed by atoms with van der Waals surface area (Å²) in [5.74, 6) is 6.21. The number of carbonyl (C=O) groups is 3. The van der Waals surface area contributed by atoms with Crippen LogP contribution in [0.1, 0.15) is 72.6 Å². The van der Waals surface area contributed by atoms with Crippen molar-refractivity contribution < 1.29 is 14.4 Å². The highest BCUT2D eigenvalue weighted by Gasteiger charge is 2.12. The smallest absolute Gasteiger partial charge is 0.220 e. The number of nitrogens with one attached hydrogen (secondary N) is 3. The van der Waals surface area contributed by atoms with Crippen LogP contribution in [0.15, 0.2) is 0 Å². The fourth-order valence-electron chi connectivity index (χ4n) is 3.60. The normalized spacial score (nSPS) is 11.3. The lowest BCUT2D eigenvalue weighted by Crippen LogP contribution is -2.44. The van der Waals surface area contributed by atoms with Crippen LogP contribution in [0.2, 0.25) is 0 Å². The molecular formula is C29H59N5O3S6. The maximum absolute atomic E-state index is 12.3. The van der Waals surface area contributed by atoms with Crippen molar-refractivity contribution in [1.29, 1.82) is 0 Å². The lowest BCUT2D eigenvalue weighted by Gasteiger charge is -2.28. The minimum atomic E-state index is 0.0991. The SMILES string of the molecule is CCCSSCCC(=O)NCCN(CCC)CCN(CCNC(=O)CCSSCCC)CCNC(=O)CCSSCCC. The van der Waals surface area contributed by atoms with E-state index in [4.69, 9.17) is 0 Å². The van der Waals surface area contributed by atoms with Crippen molar-refractivity contribution in [3.8, 4) is 0 Å². The molecule has 254 valence electrons. The van der Waals surface area contributed by atoms with Crippen LogP contribution >= 0.6 is 64.8 Å². The molecule has 14 heteroatoms. The minimum Gasteiger partial charge on any atom is -0.355 e. The average Bonchev–Trinajstić information content (AvgIpc) is 2.99. The molecule has 0 saturated heterocycles. The first-order valence-corrected chi connectivity index (χ1v) is 23.4. The zero-order valence-corrected chi connectivity index (χ0v) is 32.0. The fourth-order valence-corrected chi connectivity index (χ4v) is 9.99. The van der Waals surface area contributed by atoms with Gasteiger partial charge in [0.05, 0.1) is 0 Å². The largest absolute Gasteiger partial charge is 0.355 e. The van der Waals surface area contributed by atoms with Crippen LogP contribution in [-0.4, -0.2) is 121 Å². The predicted molar refractivity (Wildman–Crippen MR) is 202 cm³/mol.